The molecule has 5 heteroatoms. The number of nitrogens with one attached hydrogen (secondary N) is 1. The van der Waals surface area contributed by atoms with Gasteiger partial charge < -0.3 is 15.5 Å². The Morgan fingerprint density at radius 3 is 3.20 bits per heavy atom. The third kappa shape index (κ3) is 1.35. The van der Waals surface area contributed by atoms with E-state index >= 15 is 0 Å². The van der Waals surface area contributed by atoms with Gasteiger partial charge in [0.15, 0.2) is 11.5 Å². The van der Waals surface area contributed by atoms with Gasteiger partial charge in [-0.15, -0.1) is 0 Å². The Kier molecular flexibility index (Phi) is 1.85. The molecule has 3 N–H and O–H groups in total. The van der Waals surface area contributed by atoms with E-state index in [0.29, 0.717) is 11.7 Å². The van der Waals surface area contributed by atoms with Crippen LogP contribution in [-0.2, 0) is 0 Å². The summed E-state index contributed by atoms with van der Waals surface area (Å²) in [6, 6.07) is 0. The van der Waals surface area contributed by atoms with E-state index in [9.17, 15) is 0 Å². The van der Waals surface area contributed by atoms with Crippen LogP contribution < -0.4 is 11.1 Å². The van der Waals surface area contributed by atoms with Crippen LogP contribution in [0.15, 0.2) is 18.6 Å². The van der Waals surface area contributed by atoms with E-state index in [4.69, 9.17) is 5.73 Å². The third-order valence-electron chi connectivity index (χ3n) is 2.90. The molecule has 0 amide bonds. The molecule has 0 aliphatic carbocycles. The molecular weight excluding hydrogens is 190 g/mol. The van der Waals surface area contributed by atoms with Crippen LogP contribution in [0.25, 0.3) is 5.65 Å². The maximum atomic E-state index is 5.76. The first kappa shape index (κ1) is 8.67. The molecular formula is C10H13N5. The van der Waals surface area contributed by atoms with Crippen LogP contribution >= 0.6 is 0 Å². The Labute approximate surface area is 87.3 Å². The first-order valence-corrected chi connectivity index (χ1v) is 5.14. The molecule has 1 unspecified atom stereocenters. The molecule has 0 saturated carbocycles. The summed E-state index contributed by atoms with van der Waals surface area (Å²) in [4.78, 5) is 8.56. The van der Waals surface area contributed by atoms with Crippen molar-refractivity contribution >= 4 is 11.5 Å². The molecule has 3 rings (SSSR count). The lowest BCUT2D eigenvalue weighted by Gasteiger charge is -2.01. The van der Waals surface area contributed by atoms with Crippen LogP contribution in [0.5, 0.6) is 0 Å². The highest BCUT2D eigenvalue weighted by atomic mass is 15.1. The van der Waals surface area contributed by atoms with Gasteiger partial charge in [0, 0.05) is 31.1 Å². The molecule has 0 bridgehead atoms. The molecule has 0 spiro atoms. The van der Waals surface area contributed by atoms with Crippen molar-refractivity contribution in [3.05, 3.63) is 24.3 Å². The predicted molar refractivity (Wildman–Crippen MR) is 57.6 cm³/mol. The summed E-state index contributed by atoms with van der Waals surface area (Å²) in [7, 11) is 0. The van der Waals surface area contributed by atoms with Crippen molar-refractivity contribution in [1.29, 1.82) is 0 Å². The third-order valence-corrected chi connectivity index (χ3v) is 2.90. The summed E-state index contributed by atoms with van der Waals surface area (Å²) < 4.78 is 1.94. The highest BCUT2D eigenvalue weighted by molar-refractivity contribution is 5.59. The highest BCUT2D eigenvalue weighted by Crippen LogP contribution is 2.22. The van der Waals surface area contributed by atoms with Gasteiger partial charge in [-0.05, 0) is 13.0 Å². The molecule has 15 heavy (non-hydrogen) atoms. The maximum Gasteiger partial charge on any atom is 0.180 e. The van der Waals surface area contributed by atoms with Crippen LogP contribution in [0.3, 0.4) is 0 Å². The van der Waals surface area contributed by atoms with Gasteiger partial charge in [-0.25, -0.2) is 9.97 Å². The van der Waals surface area contributed by atoms with Crippen molar-refractivity contribution in [2.24, 2.45) is 0 Å². The van der Waals surface area contributed by atoms with Crippen molar-refractivity contribution in [1.82, 2.24) is 19.7 Å². The fraction of sp³-hybridized carbons (Fsp3) is 0.400. The number of nitrogens with zero attached hydrogens (tertiary/aromatic N) is 3. The normalized spacial score (nSPS) is 21.2. The van der Waals surface area contributed by atoms with Crippen molar-refractivity contribution < 1.29 is 0 Å². The highest BCUT2D eigenvalue weighted by Gasteiger charge is 2.19. The summed E-state index contributed by atoms with van der Waals surface area (Å²) in [6.07, 6.45) is 6.77. The molecule has 3 heterocycles. The van der Waals surface area contributed by atoms with Crippen LogP contribution in [-0.4, -0.2) is 27.5 Å². The Morgan fingerprint density at radius 2 is 2.47 bits per heavy atom. The van der Waals surface area contributed by atoms with Gasteiger partial charge in [-0.1, -0.05) is 0 Å². The number of nitrogen functional groups attached to an aromatic ring is 1. The molecule has 5 nitrogen and oxygen atoms in total. The zero-order valence-corrected chi connectivity index (χ0v) is 8.35. The fourth-order valence-electron chi connectivity index (χ4n) is 2.06. The molecule has 0 aromatic carbocycles. The van der Waals surface area contributed by atoms with E-state index in [2.05, 4.69) is 15.3 Å². The summed E-state index contributed by atoms with van der Waals surface area (Å²) in [5.41, 5.74) is 7.63. The van der Waals surface area contributed by atoms with Gasteiger partial charge >= 0.3 is 0 Å². The monoisotopic (exact) mass is 203 g/mol. The quantitative estimate of drug-likeness (QED) is 0.703. The zero-order chi connectivity index (χ0) is 10.3. The number of hydrogen-bond donors (Lipinski definition) is 2. The molecule has 1 aliphatic heterocycles. The number of hydrogen-bond acceptors (Lipinski definition) is 4. The van der Waals surface area contributed by atoms with E-state index in [-0.39, 0.29) is 0 Å². The fourth-order valence-corrected chi connectivity index (χ4v) is 2.06. The van der Waals surface area contributed by atoms with E-state index in [1.807, 2.05) is 16.8 Å². The van der Waals surface area contributed by atoms with Crippen molar-refractivity contribution in [2.75, 3.05) is 18.8 Å². The first-order chi connectivity index (χ1) is 7.34. The topological polar surface area (TPSA) is 68.2 Å². The molecule has 1 atom stereocenters. The Morgan fingerprint density at radius 1 is 1.53 bits per heavy atom. The van der Waals surface area contributed by atoms with Crippen molar-refractivity contribution in [3.63, 3.8) is 0 Å². The number of aromatic nitrogens is 3. The Bertz CT molecular complexity index is 484. The SMILES string of the molecule is Nc1nccn2cc(C3CCNC3)nc12. The van der Waals surface area contributed by atoms with Gasteiger partial charge in [0.05, 0.1) is 5.69 Å². The van der Waals surface area contributed by atoms with Crippen molar-refractivity contribution in [3.8, 4) is 0 Å². The summed E-state index contributed by atoms with van der Waals surface area (Å²) >= 11 is 0. The lowest BCUT2D eigenvalue weighted by Crippen LogP contribution is -2.08. The summed E-state index contributed by atoms with van der Waals surface area (Å²) in [6.45, 7) is 2.09. The van der Waals surface area contributed by atoms with E-state index < -0.39 is 0 Å². The second kappa shape index (κ2) is 3.20. The second-order valence-electron chi connectivity index (χ2n) is 3.90. The zero-order valence-electron chi connectivity index (χ0n) is 8.35. The molecule has 1 fully saturated rings. The average Bonchev–Trinajstić information content (AvgIpc) is 2.86. The van der Waals surface area contributed by atoms with E-state index in [1.165, 1.54) is 0 Å². The Balaban J connectivity index is 2.09. The molecule has 1 aliphatic rings. The van der Waals surface area contributed by atoms with Crippen LogP contribution in [0.2, 0.25) is 0 Å². The first-order valence-electron chi connectivity index (χ1n) is 5.14. The van der Waals surface area contributed by atoms with Gasteiger partial charge in [0.25, 0.3) is 0 Å². The second-order valence-corrected chi connectivity index (χ2v) is 3.90. The number of imidazole rings is 1. The summed E-state index contributed by atoms with van der Waals surface area (Å²) in [5, 5.41) is 3.33. The molecule has 2 aromatic rings. The maximum absolute atomic E-state index is 5.76. The van der Waals surface area contributed by atoms with Gasteiger partial charge in [0.2, 0.25) is 0 Å². The number of nitrogens with two attached hydrogens (primary N) is 1. The minimum absolute atomic E-state index is 0.495. The minimum Gasteiger partial charge on any atom is -0.381 e. The number of rotatable bonds is 1. The van der Waals surface area contributed by atoms with Crippen LogP contribution in [0, 0.1) is 0 Å². The van der Waals surface area contributed by atoms with Crippen LogP contribution in [0.1, 0.15) is 18.0 Å². The number of fused-ring (bicyclic) bond motifs is 1. The molecule has 1 saturated heterocycles. The molecule has 0 radical (unpaired) electrons. The van der Waals surface area contributed by atoms with Gasteiger partial charge in [0.1, 0.15) is 0 Å². The van der Waals surface area contributed by atoms with E-state index in [1.54, 1.807) is 6.20 Å². The molecule has 2 aromatic heterocycles. The largest absolute Gasteiger partial charge is 0.381 e. The number of anilines is 1. The average molecular weight is 203 g/mol. The van der Waals surface area contributed by atoms with E-state index in [0.717, 1.165) is 30.9 Å². The summed E-state index contributed by atoms with van der Waals surface area (Å²) in [5.74, 6) is 1.01. The predicted octanol–water partition coefficient (Wildman–Crippen LogP) is 0.388. The Hall–Kier alpha value is -1.62. The van der Waals surface area contributed by atoms with Crippen LogP contribution in [0.4, 0.5) is 5.82 Å². The smallest absolute Gasteiger partial charge is 0.180 e. The van der Waals surface area contributed by atoms with Crippen molar-refractivity contribution in [2.45, 2.75) is 12.3 Å². The lowest BCUT2D eigenvalue weighted by atomic mass is 10.1. The minimum atomic E-state index is 0.495. The molecule has 78 valence electrons. The lowest BCUT2D eigenvalue weighted by molar-refractivity contribution is 0.742. The standard InChI is InChI=1S/C10H13N5/c11-9-10-14-8(7-1-2-12-5-7)6-15(10)4-3-13-9/h3-4,6-7,12H,1-2,5H2,(H2,11,13). The van der Waals surface area contributed by atoms with Gasteiger partial charge in [-0.3, -0.25) is 0 Å². The van der Waals surface area contributed by atoms with Gasteiger partial charge in [-0.2, -0.15) is 0 Å².